The van der Waals surface area contributed by atoms with E-state index in [0.717, 1.165) is 11.1 Å². The monoisotopic (exact) mass is 305 g/mol. The SMILES string of the molecule is COc1c(O)cccc1C1=CCN(C(=O)OC(C)(C)C)CC1. The van der Waals surface area contributed by atoms with E-state index < -0.39 is 5.60 Å². The van der Waals surface area contributed by atoms with Crippen LogP contribution in [0, 0.1) is 0 Å². The molecule has 5 heteroatoms. The van der Waals surface area contributed by atoms with Crippen LogP contribution >= 0.6 is 0 Å². The Morgan fingerprint density at radius 2 is 2.05 bits per heavy atom. The lowest BCUT2D eigenvalue weighted by Crippen LogP contribution is -2.39. The third-order valence-corrected chi connectivity index (χ3v) is 3.41. The van der Waals surface area contributed by atoms with Crippen LogP contribution in [0.5, 0.6) is 11.5 Å². The molecule has 1 heterocycles. The second-order valence-electron chi connectivity index (χ2n) is 6.26. The third-order valence-electron chi connectivity index (χ3n) is 3.41. The Labute approximate surface area is 131 Å². The van der Waals surface area contributed by atoms with Crippen LogP contribution in [-0.2, 0) is 4.74 Å². The van der Waals surface area contributed by atoms with E-state index in [1.54, 1.807) is 17.0 Å². The highest BCUT2D eigenvalue weighted by Gasteiger charge is 2.24. The summed E-state index contributed by atoms with van der Waals surface area (Å²) in [5, 5.41) is 9.85. The van der Waals surface area contributed by atoms with Crippen LogP contribution in [0.4, 0.5) is 4.79 Å². The minimum Gasteiger partial charge on any atom is -0.504 e. The Kier molecular flexibility index (Phi) is 4.64. The van der Waals surface area contributed by atoms with Gasteiger partial charge in [-0.25, -0.2) is 4.79 Å². The van der Waals surface area contributed by atoms with Crippen molar-refractivity contribution < 1.29 is 19.4 Å². The summed E-state index contributed by atoms with van der Waals surface area (Å²) in [7, 11) is 1.54. The molecule has 1 aromatic rings. The van der Waals surface area contributed by atoms with Crippen molar-refractivity contribution in [3.05, 3.63) is 29.8 Å². The molecule has 0 radical (unpaired) electrons. The van der Waals surface area contributed by atoms with Crippen LogP contribution in [-0.4, -0.2) is 41.9 Å². The number of hydrogen-bond donors (Lipinski definition) is 1. The van der Waals surface area contributed by atoms with E-state index in [4.69, 9.17) is 9.47 Å². The number of rotatable bonds is 2. The van der Waals surface area contributed by atoms with E-state index in [0.29, 0.717) is 25.3 Å². The number of amides is 1. The average molecular weight is 305 g/mol. The normalized spacial score (nSPS) is 15.3. The fourth-order valence-corrected chi connectivity index (χ4v) is 2.40. The molecule has 1 N–H and O–H groups in total. The first-order valence-electron chi connectivity index (χ1n) is 7.35. The summed E-state index contributed by atoms with van der Waals surface area (Å²) in [6.07, 6.45) is 2.37. The Morgan fingerprint density at radius 3 is 2.59 bits per heavy atom. The van der Waals surface area contributed by atoms with Crippen molar-refractivity contribution in [3.63, 3.8) is 0 Å². The number of hydrogen-bond acceptors (Lipinski definition) is 4. The first-order chi connectivity index (χ1) is 10.3. The Bertz CT molecular complexity index is 587. The molecule has 5 nitrogen and oxygen atoms in total. The largest absolute Gasteiger partial charge is 0.504 e. The molecule has 22 heavy (non-hydrogen) atoms. The Hall–Kier alpha value is -2.17. The van der Waals surface area contributed by atoms with Gasteiger partial charge in [0.1, 0.15) is 5.60 Å². The fraction of sp³-hybridized carbons (Fsp3) is 0.471. The number of phenolic OH excluding ortho intramolecular Hbond substituents is 1. The second kappa shape index (κ2) is 6.30. The van der Waals surface area contributed by atoms with Crippen molar-refractivity contribution in [2.75, 3.05) is 20.2 Å². The van der Waals surface area contributed by atoms with E-state index in [-0.39, 0.29) is 11.8 Å². The number of methoxy groups -OCH3 is 1. The molecular weight excluding hydrogens is 282 g/mol. The van der Waals surface area contributed by atoms with Gasteiger partial charge in [0.05, 0.1) is 7.11 Å². The van der Waals surface area contributed by atoms with E-state index in [1.165, 1.54) is 7.11 Å². The van der Waals surface area contributed by atoms with Crippen molar-refractivity contribution in [3.8, 4) is 11.5 Å². The highest BCUT2D eigenvalue weighted by molar-refractivity contribution is 5.76. The molecule has 0 aromatic heterocycles. The van der Waals surface area contributed by atoms with Crippen LogP contribution in [0.25, 0.3) is 5.57 Å². The minimum absolute atomic E-state index is 0.121. The van der Waals surface area contributed by atoms with Crippen LogP contribution in [0.15, 0.2) is 24.3 Å². The molecule has 1 aliphatic heterocycles. The lowest BCUT2D eigenvalue weighted by atomic mass is 9.98. The molecule has 0 saturated heterocycles. The predicted octanol–water partition coefficient (Wildman–Crippen LogP) is 3.43. The number of ether oxygens (including phenoxy) is 2. The molecule has 0 aliphatic carbocycles. The number of carbonyl (C=O) groups excluding carboxylic acids is 1. The highest BCUT2D eigenvalue weighted by Crippen LogP contribution is 2.36. The van der Waals surface area contributed by atoms with Gasteiger partial charge in [-0.3, -0.25) is 0 Å². The van der Waals surface area contributed by atoms with Gasteiger partial charge in [-0.15, -0.1) is 0 Å². The Balaban J connectivity index is 2.12. The molecule has 0 unspecified atom stereocenters. The minimum atomic E-state index is -0.491. The van der Waals surface area contributed by atoms with Gasteiger partial charge in [0.2, 0.25) is 0 Å². The number of para-hydroxylation sites is 1. The van der Waals surface area contributed by atoms with E-state index in [9.17, 15) is 9.90 Å². The molecule has 0 atom stereocenters. The standard InChI is InChI=1S/C17H23NO4/c1-17(2,3)22-16(20)18-10-8-12(9-11-18)13-6-5-7-14(19)15(13)21-4/h5-8,19H,9-11H2,1-4H3. The first-order valence-corrected chi connectivity index (χ1v) is 7.35. The summed E-state index contributed by atoms with van der Waals surface area (Å²) in [6.45, 7) is 6.64. The summed E-state index contributed by atoms with van der Waals surface area (Å²) >= 11 is 0. The Morgan fingerprint density at radius 1 is 1.32 bits per heavy atom. The van der Waals surface area contributed by atoms with Gasteiger partial charge >= 0.3 is 6.09 Å². The molecule has 0 saturated carbocycles. The van der Waals surface area contributed by atoms with Crippen LogP contribution in [0.3, 0.4) is 0 Å². The zero-order chi connectivity index (χ0) is 16.3. The summed E-state index contributed by atoms with van der Waals surface area (Å²) in [6, 6.07) is 5.29. The summed E-state index contributed by atoms with van der Waals surface area (Å²) < 4.78 is 10.6. The third kappa shape index (κ3) is 3.72. The van der Waals surface area contributed by atoms with E-state index in [2.05, 4.69) is 0 Å². The number of carbonyl (C=O) groups is 1. The van der Waals surface area contributed by atoms with Crippen LogP contribution in [0.2, 0.25) is 0 Å². The molecule has 1 aromatic carbocycles. The summed E-state index contributed by atoms with van der Waals surface area (Å²) in [5.74, 6) is 0.593. The van der Waals surface area contributed by atoms with Crippen molar-refractivity contribution >= 4 is 11.7 Å². The van der Waals surface area contributed by atoms with Gasteiger partial charge in [0.15, 0.2) is 11.5 Å². The molecule has 1 aliphatic rings. The predicted molar refractivity (Wildman–Crippen MR) is 85.1 cm³/mol. The smallest absolute Gasteiger partial charge is 0.410 e. The number of nitrogens with zero attached hydrogens (tertiary/aromatic N) is 1. The molecule has 2 rings (SSSR count). The van der Waals surface area contributed by atoms with Crippen molar-refractivity contribution in [1.29, 1.82) is 0 Å². The fourth-order valence-electron chi connectivity index (χ4n) is 2.40. The number of aromatic hydroxyl groups is 1. The maximum absolute atomic E-state index is 12.0. The second-order valence-corrected chi connectivity index (χ2v) is 6.26. The maximum Gasteiger partial charge on any atom is 0.410 e. The van der Waals surface area contributed by atoms with Crippen molar-refractivity contribution in [2.24, 2.45) is 0 Å². The lowest BCUT2D eigenvalue weighted by Gasteiger charge is -2.30. The summed E-state index contributed by atoms with van der Waals surface area (Å²) in [4.78, 5) is 13.7. The zero-order valence-corrected chi connectivity index (χ0v) is 13.5. The number of benzene rings is 1. The average Bonchev–Trinajstić information content (AvgIpc) is 2.45. The van der Waals surface area contributed by atoms with Crippen molar-refractivity contribution in [1.82, 2.24) is 4.90 Å². The molecule has 0 spiro atoms. The highest BCUT2D eigenvalue weighted by atomic mass is 16.6. The molecule has 0 bridgehead atoms. The molecule has 120 valence electrons. The van der Waals surface area contributed by atoms with Crippen LogP contribution in [0.1, 0.15) is 32.8 Å². The summed E-state index contributed by atoms with van der Waals surface area (Å²) in [5.41, 5.74) is 1.44. The number of phenols is 1. The zero-order valence-electron chi connectivity index (χ0n) is 13.5. The van der Waals surface area contributed by atoms with Gasteiger partial charge < -0.3 is 19.5 Å². The quantitative estimate of drug-likeness (QED) is 0.909. The van der Waals surface area contributed by atoms with Gasteiger partial charge in [0.25, 0.3) is 0 Å². The van der Waals surface area contributed by atoms with Gasteiger partial charge in [-0.1, -0.05) is 18.2 Å². The first kappa shape index (κ1) is 16.2. The molecule has 1 amide bonds. The van der Waals surface area contributed by atoms with E-state index >= 15 is 0 Å². The topological polar surface area (TPSA) is 59.0 Å². The van der Waals surface area contributed by atoms with Gasteiger partial charge in [-0.2, -0.15) is 0 Å². The lowest BCUT2D eigenvalue weighted by molar-refractivity contribution is 0.0270. The van der Waals surface area contributed by atoms with Crippen LogP contribution < -0.4 is 4.74 Å². The van der Waals surface area contributed by atoms with E-state index in [1.807, 2.05) is 32.9 Å². The van der Waals surface area contributed by atoms with Gasteiger partial charge in [0, 0.05) is 18.7 Å². The van der Waals surface area contributed by atoms with Gasteiger partial charge in [-0.05, 0) is 38.8 Å². The molecule has 0 fully saturated rings. The maximum atomic E-state index is 12.0. The molecular formula is C17H23NO4. The van der Waals surface area contributed by atoms with Crippen molar-refractivity contribution in [2.45, 2.75) is 32.8 Å².